The van der Waals surface area contributed by atoms with Crippen molar-refractivity contribution in [2.45, 2.75) is 19.8 Å². The topological polar surface area (TPSA) is 66.5 Å². The number of aryl methyl sites for hydroxylation is 1. The molecule has 0 unspecified atom stereocenters. The minimum absolute atomic E-state index is 0.137. The van der Waals surface area contributed by atoms with Gasteiger partial charge in [-0.25, -0.2) is 14.1 Å². The second-order valence-corrected chi connectivity index (χ2v) is 7.45. The molecule has 0 aromatic heterocycles. The summed E-state index contributed by atoms with van der Waals surface area (Å²) in [6.45, 7) is 1.93. The van der Waals surface area contributed by atoms with E-state index in [1.807, 2.05) is 37.3 Å². The van der Waals surface area contributed by atoms with Crippen LogP contribution >= 0.6 is 0 Å². The van der Waals surface area contributed by atoms with Crippen LogP contribution in [0.25, 0.3) is 6.08 Å². The van der Waals surface area contributed by atoms with Gasteiger partial charge in [-0.3, -0.25) is 14.9 Å². The number of hydrogen-bond acceptors (Lipinski definition) is 3. The second kappa shape index (κ2) is 8.98. The molecular formula is C26H21FN2O3. The molecule has 1 saturated heterocycles. The SMILES string of the molecule is CCc1ccccc1N1C(=O)NC(=O)/C(=C/c2ccccc2Cc2cccc(F)c2)C1=O. The molecule has 4 amide bonds. The number of nitrogens with zero attached hydrogens (tertiary/aromatic N) is 1. The van der Waals surface area contributed by atoms with Crippen molar-refractivity contribution < 1.29 is 18.8 Å². The molecule has 0 bridgehead atoms. The van der Waals surface area contributed by atoms with Crippen LogP contribution in [-0.4, -0.2) is 17.8 Å². The molecule has 160 valence electrons. The fraction of sp³-hybridized carbons (Fsp3) is 0.115. The highest BCUT2D eigenvalue weighted by Crippen LogP contribution is 2.26. The molecule has 32 heavy (non-hydrogen) atoms. The molecule has 0 spiro atoms. The fourth-order valence-corrected chi connectivity index (χ4v) is 3.76. The Labute approximate surface area is 185 Å². The van der Waals surface area contributed by atoms with E-state index in [1.54, 1.807) is 30.3 Å². The Hall–Kier alpha value is -4.06. The molecule has 3 aromatic rings. The number of halogens is 1. The maximum absolute atomic E-state index is 13.6. The van der Waals surface area contributed by atoms with Crippen LogP contribution in [-0.2, 0) is 22.4 Å². The largest absolute Gasteiger partial charge is 0.335 e. The van der Waals surface area contributed by atoms with Crippen molar-refractivity contribution in [1.82, 2.24) is 5.32 Å². The Kier molecular flexibility index (Phi) is 5.94. The van der Waals surface area contributed by atoms with Gasteiger partial charge in [0.15, 0.2) is 0 Å². The lowest BCUT2D eigenvalue weighted by molar-refractivity contribution is -0.122. The van der Waals surface area contributed by atoms with Gasteiger partial charge >= 0.3 is 6.03 Å². The Morgan fingerprint density at radius 3 is 2.38 bits per heavy atom. The number of urea groups is 1. The zero-order valence-electron chi connectivity index (χ0n) is 17.5. The van der Waals surface area contributed by atoms with Crippen molar-refractivity contribution in [3.63, 3.8) is 0 Å². The summed E-state index contributed by atoms with van der Waals surface area (Å²) in [6, 6.07) is 19.9. The summed E-state index contributed by atoms with van der Waals surface area (Å²) in [7, 11) is 0. The third kappa shape index (κ3) is 4.21. The quantitative estimate of drug-likeness (QED) is 0.475. The molecule has 5 nitrogen and oxygen atoms in total. The van der Waals surface area contributed by atoms with Gasteiger partial charge in [0.25, 0.3) is 11.8 Å². The Bertz CT molecular complexity index is 1250. The summed E-state index contributed by atoms with van der Waals surface area (Å²) < 4.78 is 13.6. The fourth-order valence-electron chi connectivity index (χ4n) is 3.76. The Morgan fingerprint density at radius 1 is 0.906 bits per heavy atom. The number of carbonyl (C=O) groups is 3. The van der Waals surface area contributed by atoms with Crippen LogP contribution in [0.15, 0.2) is 78.4 Å². The molecule has 1 aliphatic heterocycles. The van der Waals surface area contributed by atoms with E-state index in [2.05, 4.69) is 5.32 Å². The minimum atomic E-state index is -0.772. The van der Waals surface area contributed by atoms with E-state index in [4.69, 9.17) is 0 Å². The van der Waals surface area contributed by atoms with Crippen molar-refractivity contribution in [2.75, 3.05) is 4.90 Å². The summed E-state index contributed by atoms with van der Waals surface area (Å²) in [5.41, 5.74) is 3.36. The number of amides is 4. The third-order valence-corrected chi connectivity index (χ3v) is 5.35. The van der Waals surface area contributed by atoms with Gasteiger partial charge in [0.05, 0.1) is 5.69 Å². The van der Waals surface area contributed by atoms with Crippen LogP contribution < -0.4 is 10.2 Å². The Morgan fingerprint density at radius 2 is 1.62 bits per heavy atom. The summed E-state index contributed by atoms with van der Waals surface area (Å²) >= 11 is 0. The highest BCUT2D eigenvalue weighted by Gasteiger charge is 2.37. The van der Waals surface area contributed by atoms with Gasteiger partial charge in [-0.05, 0) is 59.4 Å². The summed E-state index contributed by atoms with van der Waals surface area (Å²) in [5.74, 6) is -1.75. The number of carbonyl (C=O) groups excluding carboxylic acids is 3. The van der Waals surface area contributed by atoms with Gasteiger partial charge in [0.2, 0.25) is 0 Å². The first kappa shape index (κ1) is 21.2. The van der Waals surface area contributed by atoms with E-state index in [1.165, 1.54) is 18.2 Å². The number of para-hydroxylation sites is 1. The predicted molar refractivity (Wildman–Crippen MR) is 120 cm³/mol. The number of benzene rings is 3. The van der Waals surface area contributed by atoms with Gasteiger partial charge in [0, 0.05) is 0 Å². The molecule has 1 N–H and O–H groups in total. The van der Waals surface area contributed by atoms with Crippen LogP contribution in [0.5, 0.6) is 0 Å². The summed E-state index contributed by atoms with van der Waals surface area (Å²) in [5, 5.41) is 2.27. The second-order valence-electron chi connectivity index (χ2n) is 7.45. The monoisotopic (exact) mass is 428 g/mol. The number of anilines is 1. The van der Waals surface area contributed by atoms with Gasteiger partial charge in [-0.15, -0.1) is 0 Å². The molecule has 0 saturated carbocycles. The number of rotatable bonds is 5. The maximum atomic E-state index is 13.6. The first-order chi connectivity index (χ1) is 15.5. The van der Waals surface area contributed by atoms with Crippen LogP contribution in [0.4, 0.5) is 14.9 Å². The molecule has 0 aliphatic carbocycles. The van der Waals surface area contributed by atoms with Crippen molar-refractivity contribution in [3.8, 4) is 0 Å². The summed E-state index contributed by atoms with van der Waals surface area (Å²) in [4.78, 5) is 39.4. The molecular weight excluding hydrogens is 407 g/mol. The van der Waals surface area contributed by atoms with E-state index in [-0.39, 0.29) is 11.4 Å². The van der Waals surface area contributed by atoms with Crippen LogP contribution in [0.3, 0.4) is 0 Å². The Balaban J connectivity index is 1.73. The third-order valence-electron chi connectivity index (χ3n) is 5.35. The molecule has 1 aliphatic rings. The average Bonchev–Trinajstić information content (AvgIpc) is 2.78. The normalized spacial score (nSPS) is 15.2. The highest BCUT2D eigenvalue weighted by atomic mass is 19.1. The molecule has 0 radical (unpaired) electrons. The lowest BCUT2D eigenvalue weighted by Crippen LogP contribution is -2.54. The first-order valence-electron chi connectivity index (χ1n) is 10.3. The van der Waals surface area contributed by atoms with Gasteiger partial charge < -0.3 is 0 Å². The van der Waals surface area contributed by atoms with Crippen molar-refractivity contribution in [1.29, 1.82) is 0 Å². The number of barbiturate groups is 1. The molecule has 4 rings (SSSR count). The highest BCUT2D eigenvalue weighted by molar-refractivity contribution is 6.39. The van der Waals surface area contributed by atoms with E-state index in [9.17, 15) is 18.8 Å². The number of nitrogens with one attached hydrogen (secondary N) is 1. The number of imide groups is 2. The van der Waals surface area contributed by atoms with Gasteiger partial charge in [-0.2, -0.15) is 0 Å². The lowest BCUT2D eigenvalue weighted by atomic mass is 9.97. The first-order valence-corrected chi connectivity index (χ1v) is 10.3. The zero-order valence-corrected chi connectivity index (χ0v) is 17.5. The molecule has 1 heterocycles. The van der Waals surface area contributed by atoms with Crippen molar-refractivity contribution in [3.05, 3.63) is 106 Å². The summed E-state index contributed by atoms with van der Waals surface area (Å²) in [6.07, 6.45) is 2.53. The molecule has 3 aromatic carbocycles. The van der Waals surface area contributed by atoms with Crippen LogP contribution in [0.1, 0.15) is 29.2 Å². The van der Waals surface area contributed by atoms with Crippen molar-refractivity contribution >= 4 is 29.6 Å². The van der Waals surface area contributed by atoms with Crippen LogP contribution in [0, 0.1) is 5.82 Å². The van der Waals surface area contributed by atoms with Crippen LogP contribution in [0.2, 0.25) is 0 Å². The van der Waals surface area contributed by atoms with Crippen molar-refractivity contribution in [2.24, 2.45) is 0 Å². The average molecular weight is 428 g/mol. The predicted octanol–water partition coefficient (Wildman–Crippen LogP) is 4.65. The standard InChI is InChI=1S/C26H21FN2O3/c1-2-18-9-5-6-13-23(18)29-25(31)22(24(30)28-26(29)32)16-20-11-4-3-10-19(20)14-17-8-7-12-21(27)15-17/h3-13,15-16H,2,14H2,1H3,(H,28,30,32)/b22-16-. The molecule has 0 atom stereocenters. The molecule has 1 fully saturated rings. The maximum Gasteiger partial charge on any atom is 0.335 e. The minimum Gasteiger partial charge on any atom is -0.273 e. The molecule has 6 heteroatoms. The smallest absolute Gasteiger partial charge is 0.273 e. The van der Waals surface area contributed by atoms with Gasteiger partial charge in [-0.1, -0.05) is 61.5 Å². The van der Waals surface area contributed by atoms with E-state index >= 15 is 0 Å². The lowest BCUT2D eigenvalue weighted by Gasteiger charge is -2.28. The van der Waals surface area contributed by atoms with E-state index < -0.39 is 17.8 Å². The van der Waals surface area contributed by atoms with E-state index in [0.717, 1.165) is 21.6 Å². The zero-order chi connectivity index (χ0) is 22.7. The van der Waals surface area contributed by atoms with E-state index in [0.29, 0.717) is 24.1 Å². The van der Waals surface area contributed by atoms with Gasteiger partial charge in [0.1, 0.15) is 11.4 Å². The number of hydrogen-bond donors (Lipinski definition) is 1.